The monoisotopic (exact) mass is 344 g/mol. The van der Waals surface area contributed by atoms with E-state index in [0.29, 0.717) is 24.5 Å². The lowest BCUT2D eigenvalue weighted by atomic mass is 10.1. The molecule has 0 aliphatic carbocycles. The maximum absolute atomic E-state index is 11.9. The van der Waals surface area contributed by atoms with Crippen LogP contribution in [-0.4, -0.2) is 17.3 Å². The topological polar surface area (TPSA) is 41.1 Å². The van der Waals surface area contributed by atoms with Gasteiger partial charge in [-0.2, -0.15) is 0 Å². The second-order valence-electron chi connectivity index (χ2n) is 5.06. The van der Waals surface area contributed by atoms with Gasteiger partial charge in [0, 0.05) is 17.9 Å². The third kappa shape index (κ3) is 6.42. The van der Waals surface area contributed by atoms with Gasteiger partial charge in [0.05, 0.1) is 0 Å². The van der Waals surface area contributed by atoms with Crippen LogP contribution in [0.3, 0.4) is 0 Å². The average Bonchev–Trinajstić information content (AvgIpc) is 2.59. The summed E-state index contributed by atoms with van der Waals surface area (Å²) in [6.45, 7) is 0.604. The van der Waals surface area contributed by atoms with Crippen LogP contribution in [0.5, 0.6) is 0 Å². The van der Waals surface area contributed by atoms with Gasteiger partial charge in [-0.05, 0) is 48.2 Å². The van der Waals surface area contributed by atoms with E-state index in [1.54, 1.807) is 11.8 Å². The Hall–Kier alpha value is -1.85. The number of thioether (sulfide) groups is 1. The Labute approximate surface area is 146 Å². The van der Waals surface area contributed by atoms with Crippen LogP contribution in [0.4, 0.5) is 0 Å². The Bertz CT molecular complexity index is 642. The smallest absolute Gasteiger partial charge is 0.226 e. The van der Waals surface area contributed by atoms with Gasteiger partial charge in [-0.3, -0.25) is 4.79 Å². The first-order valence-electron chi connectivity index (χ1n) is 7.42. The highest BCUT2D eigenvalue weighted by atomic mass is 32.2. The number of hydrogen-bond acceptors (Lipinski definition) is 3. The van der Waals surface area contributed by atoms with Crippen molar-refractivity contribution in [3.8, 4) is 0 Å². The van der Waals surface area contributed by atoms with Crippen LogP contribution in [0.2, 0.25) is 0 Å². The third-order valence-corrected chi connectivity index (χ3v) is 4.34. The van der Waals surface area contributed by atoms with Gasteiger partial charge < -0.3 is 10.6 Å². The van der Waals surface area contributed by atoms with Crippen molar-refractivity contribution in [2.75, 3.05) is 6.26 Å². The summed E-state index contributed by atoms with van der Waals surface area (Å²) in [5.41, 5.74) is 2.28. The second-order valence-corrected chi connectivity index (χ2v) is 6.35. The van der Waals surface area contributed by atoms with Gasteiger partial charge >= 0.3 is 0 Å². The normalized spacial score (nSPS) is 10.1. The highest BCUT2D eigenvalue weighted by molar-refractivity contribution is 7.98. The average molecular weight is 345 g/mol. The van der Waals surface area contributed by atoms with E-state index >= 15 is 0 Å². The molecule has 0 bridgehead atoms. The van der Waals surface area contributed by atoms with Crippen LogP contribution in [0.1, 0.15) is 17.5 Å². The number of carbonyl (C=O) groups excluding carboxylic acids is 1. The van der Waals surface area contributed by atoms with E-state index in [0.717, 1.165) is 11.1 Å². The number of nitrogens with one attached hydrogen (secondary N) is 2. The first-order valence-corrected chi connectivity index (χ1v) is 9.05. The van der Waals surface area contributed by atoms with Crippen molar-refractivity contribution < 1.29 is 4.79 Å². The number of carbonyl (C=O) groups is 1. The van der Waals surface area contributed by atoms with Gasteiger partial charge in [0.25, 0.3) is 0 Å². The van der Waals surface area contributed by atoms with E-state index in [4.69, 9.17) is 12.2 Å². The highest BCUT2D eigenvalue weighted by Crippen LogP contribution is 2.14. The molecule has 0 aliphatic heterocycles. The SMILES string of the molecule is CSc1ccc(CNC(=S)NC(=O)CCc2ccccc2)cc1. The number of thiocarbonyl (C=S) groups is 1. The molecule has 2 N–H and O–H groups in total. The fourth-order valence-electron chi connectivity index (χ4n) is 2.06. The van der Waals surface area contributed by atoms with Gasteiger partial charge in [0.2, 0.25) is 5.91 Å². The molecule has 1 amide bonds. The summed E-state index contributed by atoms with van der Waals surface area (Å²) >= 11 is 6.87. The largest absolute Gasteiger partial charge is 0.358 e. The van der Waals surface area contributed by atoms with Crippen molar-refractivity contribution >= 4 is 35.0 Å². The van der Waals surface area contributed by atoms with E-state index in [1.165, 1.54) is 4.90 Å². The maximum Gasteiger partial charge on any atom is 0.226 e. The zero-order valence-corrected chi connectivity index (χ0v) is 14.7. The molecule has 0 saturated carbocycles. The molecule has 2 aromatic carbocycles. The van der Waals surface area contributed by atoms with Crippen LogP contribution < -0.4 is 10.6 Å². The Kier molecular flexibility index (Phi) is 7.10. The van der Waals surface area contributed by atoms with E-state index in [1.807, 2.05) is 36.6 Å². The fraction of sp³-hybridized carbons (Fsp3) is 0.222. The molecule has 0 unspecified atom stereocenters. The molecular weight excluding hydrogens is 324 g/mol. The lowest BCUT2D eigenvalue weighted by Crippen LogP contribution is -2.38. The van der Waals surface area contributed by atoms with E-state index in [-0.39, 0.29) is 5.91 Å². The van der Waals surface area contributed by atoms with Gasteiger partial charge in [0.15, 0.2) is 5.11 Å². The Morgan fingerprint density at radius 2 is 1.74 bits per heavy atom. The predicted molar refractivity (Wildman–Crippen MR) is 101 cm³/mol. The summed E-state index contributed by atoms with van der Waals surface area (Å²) in [5.74, 6) is -0.0657. The number of amides is 1. The Balaban J connectivity index is 1.70. The van der Waals surface area contributed by atoms with Crippen molar-refractivity contribution in [3.63, 3.8) is 0 Å². The van der Waals surface area contributed by atoms with Gasteiger partial charge in [-0.1, -0.05) is 42.5 Å². The first kappa shape index (κ1) is 17.5. The minimum absolute atomic E-state index is 0.0657. The van der Waals surface area contributed by atoms with Crippen molar-refractivity contribution in [2.24, 2.45) is 0 Å². The number of rotatable bonds is 6. The molecule has 0 aromatic heterocycles. The molecule has 23 heavy (non-hydrogen) atoms. The molecular formula is C18H20N2OS2. The summed E-state index contributed by atoms with van der Waals surface area (Å²) < 4.78 is 0. The molecule has 0 aliphatic rings. The predicted octanol–water partition coefficient (Wildman–Crippen LogP) is 3.53. The van der Waals surface area contributed by atoms with Crippen molar-refractivity contribution in [3.05, 3.63) is 65.7 Å². The molecule has 3 nitrogen and oxygen atoms in total. The quantitative estimate of drug-likeness (QED) is 0.621. The summed E-state index contributed by atoms with van der Waals surface area (Å²) in [6, 6.07) is 18.2. The van der Waals surface area contributed by atoms with Crippen molar-refractivity contribution in [1.29, 1.82) is 0 Å². The number of hydrogen-bond donors (Lipinski definition) is 2. The van der Waals surface area contributed by atoms with Crippen LogP contribution in [0, 0.1) is 0 Å². The number of benzene rings is 2. The van der Waals surface area contributed by atoms with Crippen LogP contribution in [0.25, 0.3) is 0 Å². The van der Waals surface area contributed by atoms with Crippen LogP contribution in [-0.2, 0) is 17.8 Å². The molecule has 2 rings (SSSR count). The second kappa shape index (κ2) is 9.33. The summed E-state index contributed by atoms with van der Waals surface area (Å²) in [4.78, 5) is 13.1. The summed E-state index contributed by atoms with van der Waals surface area (Å²) in [7, 11) is 0. The Morgan fingerprint density at radius 1 is 1.04 bits per heavy atom. The van der Waals surface area contributed by atoms with Crippen molar-refractivity contribution in [1.82, 2.24) is 10.6 Å². The lowest BCUT2D eigenvalue weighted by molar-refractivity contribution is -0.119. The zero-order valence-electron chi connectivity index (χ0n) is 13.0. The van der Waals surface area contributed by atoms with Crippen LogP contribution in [0.15, 0.2) is 59.5 Å². The fourth-order valence-corrected chi connectivity index (χ4v) is 2.66. The molecule has 0 radical (unpaired) electrons. The van der Waals surface area contributed by atoms with E-state index < -0.39 is 0 Å². The molecule has 0 heterocycles. The molecule has 0 spiro atoms. The number of aryl methyl sites for hydroxylation is 1. The van der Waals surface area contributed by atoms with Crippen LogP contribution >= 0.6 is 24.0 Å². The molecule has 0 saturated heterocycles. The highest BCUT2D eigenvalue weighted by Gasteiger charge is 2.05. The summed E-state index contributed by atoms with van der Waals surface area (Å²) in [5, 5.41) is 6.15. The lowest BCUT2D eigenvalue weighted by Gasteiger charge is -2.10. The van der Waals surface area contributed by atoms with Gasteiger partial charge in [-0.15, -0.1) is 11.8 Å². The minimum Gasteiger partial charge on any atom is -0.358 e. The zero-order chi connectivity index (χ0) is 16.5. The first-order chi connectivity index (χ1) is 11.2. The molecule has 0 fully saturated rings. The van der Waals surface area contributed by atoms with Gasteiger partial charge in [-0.25, -0.2) is 0 Å². The standard InChI is InChI=1S/C18H20N2OS2/c1-23-16-10-7-15(8-11-16)13-19-18(22)20-17(21)12-9-14-5-3-2-4-6-14/h2-8,10-11H,9,12-13H2,1H3,(H2,19,20,21,22). The Morgan fingerprint density at radius 3 is 2.39 bits per heavy atom. The van der Waals surface area contributed by atoms with E-state index in [9.17, 15) is 4.79 Å². The summed E-state index contributed by atoms with van der Waals surface area (Å²) in [6.07, 6.45) is 3.19. The van der Waals surface area contributed by atoms with Crippen molar-refractivity contribution in [2.45, 2.75) is 24.3 Å². The molecule has 5 heteroatoms. The molecule has 120 valence electrons. The van der Waals surface area contributed by atoms with E-state index in [2.05, 4.69) is 34.9 Å². The molecule has 2 aromatic rings. The third-order valence-electron chi connectivity index (χ3n) is 3.35. The molecule has 0 atom stereocenters. The minimum atomic E-state index is -0.0657. The van der Waals surface area contributed by atoms with Gasteiger partial charge in [0.1, 0.15) is 0 Å². The maximum atomic E-state index is 11.9.